The van der Waals surface area contributed by atoms with Crippen LogP contribution in [-0.2, 0) is 11.0 Å². The van der Waals surface area contributed by atoms with E-state index >= 15 is 0 Å². The largest absolute Gasteiger partial charge is 0.494 e. The Bertz CT molecular complexity index is 1160. The molecule has 164 valence electrons. The van der Waals surface area contributed by atoms with Gasteiger partial charge in [-0.05, 0) is 55.0 Å². The molecule has 3 aromatic carbocycles. The summed E-state index contributed by atoms with van der Waals surface area (Å²) in [4.78, 5) is 19.1. The Morgan fingerprint density at radius 2 is 1.72 bits per heavy atom. The zero-order chi connectivity index (χ0) is 22.7. The number of carbonyl (C=O) groups is 1. The molecule has 0 N–H and O–H groups in total. The molecule has 8 heteroatoms. The van der Waals surface area contributed by atoms with Crippen LogP contribution < -0.4 is 9.64 Å². The molecule has 0 aliphatic carbocycles. The molecule has 1 aliphatic rings. The number of benzene rings is 3. The summed E-state index contributed by atoms with van der Waals surface area (Å²) < 4.78 is 44.9. The van der Waals surface area contributed by atoms with Crippen LogP contribution in [0.3, 0.4) is 0 Å². The van der Waals surface area contributed by atoms with Crippen LogP contribution >= 0.6 is 15.9 Å². The molecule has 0 bridgehead atoms. The van der Waals surface area contributed by atoms with Gasteiger partial charge in [0.25, 0.3) is 5.91 Å². The fourth-order valence-corrected chi connectivity index (χ4v) is 3.61. The van der Waals surface area contributed by atoms with Crippen molar-refractivity contribution in [2.24, 2.45) is 4.99 Å². The standard InChI is InChI=1S/C24H18BrF3N2O2/c25-13-4-14-32-19-11-9-18(10-12-19)30-21-8-2-1-7-20(21)22(23(30)31)29-17-6-3-5-16(15-17)24(26,27)28/h1-3,5-12,15H,4,13-14H2. The van der Waals surface area contributed by atoms with Crippen LogP contribution in [-0.4, -0.2) is 23.6 Å². The maximum atomic E-state index is 13.3. The van der Waals surface area contributed by atoms with E-state index in [1.54, 1.807) is 48.5 Å². The SMILES string of the molecule is O=C1C(=Nc2cccc(C(F)(F)F)c2)c2ccccc2N1c1ccc(OCCCBr)cc1. The summed E-state index contributed by atoms with van der Waals surface area (Å²) >= 11 is 3.35. The quantitative estimate of drug-likeness (QED) is 0.279. The van der Waals surface area contributed by atoms with Gasteiger partial charge in [-0.2, -0.15) is 13.2 Å². The van der Waals surface area contributed by atoms with Gasteiger partial charge in [0.05, 0.1) is 23.5 Å². The summed E-state index contributed by atoms with van der Waals surface area (Å²) in [5, 5.41) is 0.845. The lowest BCUT2D eigenvalue weighted by Crippen LogP contribution is -2.25. The van der Waals surface area contributed by atoms with Crippen LogP contribution in [0.4, 0.5) is 30.2 Å². The Morgan fingerprint density at radius 1 is 0.969 bits per heavy atom. The van der Waals surface area contributed by atoms with Gasteiger partial charge in [0.2, 0.25) is 0 Å². The Morgan fingerprint density at radius 3 is 2.44 bits per heavy atom. The molecule has 0 radical (unpaired) electrons. The first-order chi connectivity index (χ1) is 15.4. The first-order valence-electron chi connectivity index (χ1n) is 9.87. The topological polar surface area (TPSA) is 41.9 Å². The van der Waals surface area contributed by atoms with E-state index in [0.717, 1.165) is 23.9 Å². The van der Waals surface area contributed by atoms with Crippen LogP contribution in [0, 0.1) is 0 Å². The molecule has 1 amide bonds. The lowest BCUT2D eigenvalue weighted by Gasteiger charge is -2.17. The van der Waals surface area contributed by atoms with E-state index in [-0.39, 0.29) is 11.4 Å². The highest BCUT2D eigenvalue weighted by molar-refractivity contribution is 9.09. The van der Waals surface area contributed by atoms with Crippen molar-refractivity contribution in [3.63, 3.8) is 0 Å². The van der Waals surface area contributed by atoms with Gasteiger partial charge in [0, 0.05) is 16.6 Å². The minimum atomic E-state index is -4.49. The molecule has 0 atom stereocenters. The molecular weight excluding hydrogens is 485 g/mol. The summed E-state index contributed by atoms with van der Waals surface area (Å²) in [6.07, 6.45) is -3.62. The molecule has 0 saturated carbocycles. The van der Waals surface area contributed by atoms with Crippen molar-refractivity contribution >= 4 is 44.6 Å². The zero-order valence-electron chi connectivity index (χ0n) is 16.8. The molecule has 0 saturated heterocycles. The third-order valence-corrected chi connectivity index (χ3v) is 5.42. The monoisotopic (exact) mass is 502 g/mol. The predicted octanol–water partition coefficient (Wildman–Crippen LogP) is 6.67. The van der Waals surface area contributed by atoms with Gasteiger partial charge >= 0.3 is 6.18 Å². The molecule has 4 rings (SSSR count). The number of hydrogen-bond acceptors (Lipinski definition) is 3. The van der Waals surface area contributed by atoms with Gasteiger partial charge in [0.15, 0.2) is 0 Å². The first kappa shape index (κ1) is 22.1. The van der Waals surface area contributed by atoms with E-state index in [2.05, 4.69) is 20.9 Å². The number of aliphatic imine (C=N–C) groups is 1. The van der Waals surface area contributed by atoms with E-state index in [1.165, 1.54) is 17.0 Å². The lowest BCUT2D eigenvalue weighted by molar-refractivity contribution is -0.137. The summed E-state index contributed by atoms with van der Waals surface area (Å²) in [5.41, 5.74) is 1.15. The van der Waals surface area contributed by atoms with Crippen molar-refractivity contribution in [2.45, 2.75) is 12.6 Å². The minimum Gasteiger partial charge on any atom is -0.494 e. The molecule has 3 aromatic rings. The number of carbonyl (C=O) groups excluding carboxylic acids is 1. The lowest BCUT2D eigenvalue weighted by atomic mass is 10.1. The number of halogens is 4. The highest BCUT2D eigenvalue weighted by Crippen LogP contribution is 2.38. The van der Waals surface area contributed by atoms with Crippen LogP contribution in [0.1, 0.15) is 17.5 Å². The van der Waals surface area contributed by atoms with Crippen LogP contribution in [0.25, 0.3) is 0 Å². The molecule has 0 aromatic heterocycles. The van der Waals surface area contributed by atoms with Crippen LogP contribution in [0.15, 0.2) is 77.8 Å². The van der Waals surface area contributed by atoms with Crippen molar-refractivity contribution in [1.29, 1.82) is 0 Å². The molecule has 32 heavy (non-hydrogen) atoms. The number of anilines is 2. The fraction of sp³-hybridized carbons (Fsp3) is 0.167. The number of fused-ring (bicyclic) bond motifs is 1. The second-order valence-electron chi connectivity index (χ2n) is 7.05. The van der Waals surface area contributed by atoms with Crippen molar-refractivity contribution in [3.05, 3.63) is 83.9 Å². The van der Waals surface area contributed by atoms with Gasteiger partial charge in [0.1, 0.15) is 11.5 Å². The first-order valence-corrected chi connectivity index (χ1v) is 11.0. The van der Waals surface area contributed by atoms with Crippen molar-refractivity contribution in [3.8, 4) is 5.75 Å². The van der Waals surface area contributed by atoms with Gasteiger partial charge < -0.3 is 4.74 Å². The average molecular weight is 503 g/mol. The summed E-state index contributed by atoms with van der Waals surface area (Å²) in [6.45, 7) is 0.573. The predicted molar refractivity (Wildman–Crippen MR) is 122 cm³/mol. The van der Waals surface area contributed by atoms with E-state index in [0.29, 0.717) is 29.3 Å². The van der Waals surface area contributed by atoms with E-state index in [9.17, 15) is 18.0 Å². The second kappa shape index (κ2) is 9.16. The molecule has 0 unspecified atom stereocenters. The van der Waals surface area contributed by atoms with Gasteiger partial charge in [-0.3, -0.25) is 9.69 Å². The summed E-state index contributed by atoms with van der Waals surface area (Å²) in [5.74, 6) is 0.282. The molecular formula is C24H18BrF3N2O2. The minimum absolute atomic E-state index is 0.0652. The highest BCUT2D eigenvalue weighted by Gasteiger charge is 2.35. The van der Waals surface area contributed by atoms with Crippen LogP contribution in [0.2, 0.25) is 0 Å². The Labute approximate surface area is 191 Å². The number of rotatable bonds is 6. The van der Waals surface area contributed by atoms with Crippen molar-refractivity contribution < 1.29 is 22.7 Å². The Kier molecular flexibility index (Phi) is 6.32. The number of amides is 1. The number of para-hydroxylation sites is 1. The maximum absolute atomic E-state index is 13.3. The third kappa shape index (κ3) is 4.55. The molecule has 4 nitrogen and oxygen atoms in total. The maximum Gasteiger partial charge on any atom is 0.416 e. The smallest absolute Gasteiger partial charge is 0.416 e. The highest BCUT2D eigenvalue weighted by atomic mass is 79.9. The van der Waals surface area contributed by atoms with Crippen molar-refractivity contribution in [2.75, 3.05) is 16.8 Å². The fourth-order valence-electron chi connectivity index (χ4n) is 3.38. The van der Waals surface area contributed by atoms with E-state index < -0.39 is 17.6 Å². The number of alkyl halides is 4. The molecule has 1 heterocycles. The molecule has 0 fully saturated rings. The third-order valence-electron chi connectivity index (χ3n) is 4.86. The van der Waals surface area contributed by atoms with Gasteiger partial charge in [-0.1, -0.05) is 40.2 Å². The molecule has 1 aliphatic heterocycles. The second-order valence-corrected chi connectivity index (χ2v) is 7.84. The average Bonchev–Trinajstić information content (AvgIpc) is 3.06. The Balaban J connectivity index is 1.68. The van der Waals surface area contributed by atoms with Crippen LogP contribution in [0.5, 0.6) is 5.75 Å². The number of hydrogen-bond donors (Lipinski definition) is 0. The van der Waals surface area contributed by atoms with Crippen molar-refractivity contribution in [1.82, 2.24) is 0 Å². The van der Waals surface area contributed by atoms with E-state index in [1.807, 2.05) is 0 Å². The Hall–Kier alpha value is -3.13. The van der Waals surface area contributed by atoms with Gasteiger partial charge in [-0.25, -0.2) is 4.99 Å². The van der Waals surface area contributed by atoms with E-state index in [4.69, 9.17) is 4.74 Å². The summed E-state index contributed by atoms with van der Waals surface area (Å²) in [7, 11) is 0. The molecule has 0 spiro atoms. The number of nitrogens with zero attached hydrogens (tertiary/aromatic N) is 2. The normalized spacial score (nSPS) is 14.7. The van der Waals surface area contributed by atoms with Gasteiger partial charge in [-0.15, -0.1) is 0 Å². The number of ether oxygens (including phenoxy) is 1. The zero-order valence-corrected chi connectivity index (χ0v) is 18.4. The summed E-state index contributed by atoms with van der Waals surface area (Å²) in [6, 6.07) is 18.8.